The fourth-order valence-electron chi connectivity index (χ4n) is 5.65. The Morgan fingerprint density at radius 2 is 1.95 bits per heavy atom. The maximum absolute atomic E-state index is 16.4. The summed E-state index contributed by atoms with van der Waals surface area (Å²) in [5.74, 6) is -0.929. The van der Waals surface area contributed by atoms with Gasteiger partial charge in [0.25, 0.3) is 0 Å². The van der Waals surface area contributed by atoms with Gasteiger partial charge in [0, 0.05) is 49.4 Å². The molecule has 2 aliphatic heterocycles. The Kier molecular flexibility index (Phi) is 7.44. The fraction of sp³-hybridized carbons (Fsp3) is 0.333. The van der Waals surface area contributed by atoms with Crippen molar-refractivity contribution in [2.45, 2.75) is 18.9 Å². The highest BCUT2D eigenvalue weighted by molar-refractivity contribution is 6.36. The Labute approximate surface area is 241 Å². The largest absolute Gasteiger partial charge is 0.462 e. The summed E-state index contributed by atoms with van der Waals surface area (Å²) in [4.78, 5) is 31.7. The smallest absolute Gasteiger partial charge is 0.319 e. The summed E-state index contributed by atoms with van der Waals surface area (Å²) in [6.07, 6.45) is 4.91. The first-order chi connectivity index (χ1) is 19.9. The van der Waals surface area contributed by atoms with E-state index in [1.165, 1.54) is 18.3 Å². The third-order valence-electron chi connectivity index (χ3n) is 7.98. The van der Waals surface area contributed by atoms with E-state index >= 15 is 4.39 Å². The van der Waals surface area contributed by atoms with Gasteiger partial charge in [-0.25, -0.2) is 8.78 Å². The highest BCUT2D eigenvalue weighted by atomic mass is 35.5. The minimum atomic E-state index is -0.678. The lowest BCUT2D eigenvalue weighted by Crippen LogP contribution is -2.48. The number of amides is 1. The molecule has 2 saturated heterocycles. The molecule has 6 rings (SSSR count). The summed E-state index contributed by atoms with van der Waals surface area (Å²) in [5.41, 5.74) is 0.408. The molecule has 1 atom stereocenters. The molecule has 0 N–H and O–H groups in total. The van der Waals surface area contributed by atoms with Crippen LogP contribution in [0.25, 0.3) is 32.9 Å². The van der Waals surface area contributed by atoms with E-state index in [2.05, 4.69) is 21.4 Å². The summed E-state index contributed by atoms with van der Waals surface area (Å²) in [7, 11) is 2.05. The van der Waals surface area contributed by atoms with Crippen molar-refractivity contribution in [2.24, 2.45) is 0 Å². The molecule has 11 heteroatoms. The van der Waals surface area contributed by atoms with Gasteiger partial charge in [0.05, 0.1) is 10.4 Å². The number of benzene rings is 2. The minimum Gasteiger partial charge on any atom is -0.462 e. The van der Waals surface area contributed by atoms with Crippen molar-refractivity contribution in [3.63, 3.8) is 0 Å². The molecule has 0 aliphatic carbocycles. The van der Waals surface area contributed by atoms with Crippen molar-refractivity contribution in [3.8, 4) is 17.3 Å². The van der Waals surface area contributed by atoms with E-state index in [1.54, 1.807) is 29.2 Å². The van der Waals surface area contributed by atoms with Crippen LogP contribution in [0.2, 0.25) is 5.02 Å². The van der Waals surface area contributed by atoms with Crippen LogP contribution in [0.15, 0.2) is 49.2 Å². The molecule has 0 bridgehead atoms. The summed E-state index contributed by atoms with van der Waals surface area (Å²) in [5, 5.41) is 1.35. The molecule has 8 nitrogen and oxygen atoms in total. The van der Waals surface area contributed by atoms with E-state index in [-0.39, 0.29) is 34.2 Å². The van der Waals surface area contributed by atoms with E-state index in [4.69, 9.17) is 21.3 Å². The Balaban J connectivity index is 1.45. The Bertz CT molecular complexity index is 1660. The number of aromatic nitrogens is 3. The zero-order valence-corrected chi connectivity index (χ0v) is 23.4. The molecule has 2 aromatic heterocycles. The highest BCUT2D eigenvalue weighted by Gasteiger charge is 2.27. The Morgan fingerprint density at radius 1 is 1.15 bits per heavy atom. The minimum absolute atomic E-state index is 0.00289. The first kappa shape index (κ1) is 27.3. The number of likely N-dealkylation sites (tertiary alicyclic amines) is 1. The second-order valence-corrected chi connectivity index (χ2v) is 10.8. The van der Waals surface area contributed by atoms with Crippen LogP contribution in [0.4, 0.5) is 14.6 Å². The number of carbonyl (C=O) groups is 1. The summed E-state index contributed by atoms with van der Waals surface area (Å²) in [6.45, 7) is 6.84. The maximum atomic E-state index is 16.4. The maximum Gasteiger partial charge on any atom is 0.319 e. The van der Waals surface area contributed by atoms with E-state index in [1.807, 2.05) is 11.9 Å². The van der Waals surface area contributed by atoms with E-state index in [9.17, 15) is 9.18 Å². The number of fused-ring (bicyclic) bond motifs is 2. The average molecular weight is 579 g/mol. The number of piperazine rings is 1. The van der Waals surface area contributed by atoms with Crippen molar-refractivity contribution >= 4 is 45.0 Å². The van der Waals surface area contributed by atoms with E-state index < -0.39 is 11.6 Å². The second kappa shape index (κ2) is 11.2. The quantitative estimate of drug-likeness (QED) is 0.295. The predicted molar refractivity (Wildman–Crippen MR) is 155 cm³/mol. The van der Waals surface area contributed by atoms with Crippen LogP contribution in [-0.2, 0) is 4.79 Å². The van der Waals surface area contributed by atoms with Gasteiger partial charge in [0.2, 0.25) is 5.91 Å². The molecule has 4 heterocycles. The van der Waals surface area contributed by atoms with Gasteiger partial charge in [-0.1, -0.05) is 42.4 Å². The monoisotopic (exact) mass is 578 g/mol. The lowest BCUT2D eigenvalue weighted by Gasteiger charge is -2.35. The van der Waals surface area contributed by atoms with Crippen molar-refractivity contribution < 1.29 is 18.3 Å². The fourth-order valence-corrected chi connectivity index (χ4v) is 5.92. The normalized spacial score (nSPS) is 17.9. The zero-order chi connectivity index (χ0) is 28.7. The molecule has 0 saturated carbocycles. The van der Waals surface area contributed by atoms with Gasteiger partial charge in [-0.3, -0.25) is 9.78 Å². The first-order valence-corrected chi connectivity index (χ1v) is 14.0. The van der Waals surface area contributed by atoms with E-state index in [0.717, 1.165) is 19.4 Å². The van der Waals surface area contributed by atoms with Crippen LogP contribution in [0, 0.1) is 11.6 Å². The molecular weight excluding hydrogens is 550 g/mol. The number of halogens is 3. The molecular formula is C30H29ClF2N6O2. The lowest BCUT2D eigenvalue weighted by molar-refractivity contribution is -0.126. The predicted octanol–water partition coefficient (Wildman–Crippen LogP) is 5.08. The Morgan fingerprint density at radius 3 is 2.68 bits per heavy atom. The van der Waals surface area contributed by atoms with Gasteiger partial charge in [-0.05, 0) is 44.0 Å². The zero-order valence-electron chi connectivity index (χ0n) is 22.6. The number of anilines is 1. The van der Waals surface area contributed by atoms with Crippen molar-refractivity contribution in [1.82, 2.24) is 24.8 Å². The number of pyridine rings is 1. The lowest BCUT2D eigenvalue weighted by atomic mass is 10.0. The van der Waals surface area contributed by atoms with Crippen molar-refractivity contribution in [3.05, 3.63) is 65.8 Å². The topological polar surface area (TPSA) is 74.7 Å². The Hall–Kier alpha value is -3.89. The summed E-state index contributed by atoms with van der Waals surface area (Å²) in [6, 6.07) is 8.36. The third kappa shape index (κ3) is 5.06. The average Bonchev–Trinajstić information content (AvgIpc) is 3.41. The molecule has 2 fully saturated rings. The summed E-state index contributed by atoms with van der Waals surface area (Å²) < 4.78 is 36.9. The molecule has 212 valence electrons. The molecule has 0 spiro atoms. The number of ether oxygens (including phenoxy) is 1. The number of carbonyl (C=O) groups excluding carboxylic acids is 1. The molecule has 2 aliphatic rings. The van der Waals surface area contributed by atoms with Gasteiger partial charge in [0.1, 0.15) is 29.5 Å². The van der Waals surface area contributed by atoms with Crippen LogP contribution >= 0.6 is 11.6 Å². The van der Waals surface area contributed by atoms with Crippen LogP contribution in [-0.4, -0.2) is 83.1 Å². The van der Waals surface area contributed by atoms with Gasteiger partial charge in [-0.2, -0.15) is 9.97 Å². The molecule has 0 unspecified atom stereocenters. The summed E-state index contributed by atoms with van der Waals surface area (Å²) >= 11 is 6.35. The number of nitrogens with zero attached hydrogens (tertiary/aromatic N) is 6. The van der Waals surface area contributed by atoms with Crippen LogP contribution in [0.3, 0.4) is 0 Å². The van der Waals surface area contributed by atoms with E-state index in [0.29, 0.717) is 60.3 Å². The van der Waals surface area contributed by atoms with Crippen LogP contribution in [0.1, 0.15) is 12.8 Å². The molecule has 4 aromatic rings. The van der Waals surface area contributed by atoms with Crippen molar-refractivity contribution in [1.29, 1.82) is 0 Å². The highest BCUT2D eigenvalue weighted by Crippen LogP contribution is 2.38. The number of likely N-dealkylation sites (N-methyl/N-ethyl adjacent to an activating group) is 1. The molecule has 2 aromatic carbocycles. The number of rotatable bonds is 6. The number of hydrogen-bond donors (Lipinski definition) is 0. The standard InChI is InChI=1S/C30H29ClF2N6O2/c1-3-23(40)38-12-14-39(15-13-38)29-21-16-34-27(20-8-4-6-18-9-10-22(32)25(31)24(18)20)26(33)28(21)35-30(36-29)41-17-19-7-5-11-37(19)2/h3-4,6,8-10,16,19H,1,5,7,11-15,17H2,2H3/t19-/m0/s1. The molecule has 0 radical (unpaired) electrons. The second-order valence-electron chi connectivity index (χ2n) is 10.4. The first-order valence-electron chi connectivity index (χ1n) is 13.6. The number of hydrogen-bond acceptors (Lipinski definition) is 7. The van der Waals surface area contributed by atoms with Crippen LogP contribution < -0.4 is 9.64 Å². The van der Waals surface area contributed by atoms with Crippen molar-refractivity contribution in [2.75, 3.05) is 51.3 Å². The van der Waals surface area contributed by atoms with Crippen LogP contribution in [0.5, 0.6) is 6.01 Å². The van der Waals surface area contributed by atoms with Gasteiger partial charge in [-0.15, -0.1) is 0 Å². The van der Waals surface area contributed by atoms with Gasteiger partial charge >= 0.3 is 6.01 Å². The SMILES string of the molecule is C=CC(=O)N1CCN(c2nc(OC[C@@H]3CCCN3C)nc3c(F)c(-c4cccc5ccc(F)c(Cl)c45)ncc23)CC1. The molecule has 1 amide bonds. The third-order valence-corrected chi connectivity index (χ3v) is 8.35. The van der Waals surface area contributed by atoms with Gasteiger partial charge < -0.3 is 19.4 Å². The van der Waals surface area contributed by atoms with Gasteiger partial charge in [0.15, 0.2) is 5.82 Å². The molecule has 41 heavy (non-hydrogen) atoms.